The molecule has 0 spiro atoms. The monoisotopic (exact) mass is 346 g/mol. The smallest absolute Gasteiger partial charge is 0.243 e. The van der Waals surface area contributed by atoms with Gasteiger partial charge in [-0.15, -0.1) is 0 Å². The highest BCUT2D eigenvalue weighted by atomic mass is 32.2. The quantitative estimate of drug-likeness (QED) is 0.849. The molecule has 1 aromatic heterocycles. The van der Waals surface area contributed by atoms with Crippen molar-refractivity contribution in [3.8, 4) is 0 Å². The van der Waals surface area contributed by atoms with E-state index < -0.39 is 10.0 Å². The number of piperazine rings is 1. The second kappa shape index (κ2) is 6.49. The van der Waals surface area contributed by atoms with Crippen LogP contribution in [0.4, 0.5) is 5.95 Å². The van der Waals surface area contributed by atoms with Gasteiger partial charge in [-0.2, -0.15) is 4.31 Å². The molecule has 0 unspecified atom stereocenters. The van der Waals surface area contributed by atoms with E-state index in [1.165, 1.54) is 0 Å². The van der Waals surface area contributed by atoms with Crippen LogP contribution in [0.3, 0.4) is 0 Å². The number of aromatic nitrogens is 2. The van der Waals surface area contributed by atoms with Gasteiger partial charge in [0.2, 0.25) is 16.0 Å². The Kier molecular flexibility index (Phi) is 4.56. The van der Waals surface area contributed by atoms with Crippen molar-refractivity contribution in [3.63, 3.8) is 0 Å². The van der Waals surface area contributed by atoms with Gasteiger partial charge in [-0.1, -0.05) is 6.07 Å². The minimum absolute atomic E-state index is 0.412. The van der Waals surface area contributed by atoms with Gasteiger partial charge in [0.05, 0.1) is 4.90 Å². The molecule has 1 aromatic carbocycles. The van der Waals surface area contributed by atoms with Crippen LogP contribution < -0.4 is 4.90 Å². The molecule has 1 fully saturated rings. The predicted octanol–water partition coefficient (Wildman–Crippen LogP) is 1.91. The molecule has 2 heterocycles. The van der Waals surface area contributed by atoms with Crippen LogP contribution >= 0.6 is 0 Å². The largest absolute Gasteiger partial charge is 0.338 e. The second-order valence-corrected chi connectivity index (χ2v) is 8.05. The lowest BCUT2D eigenvalue weighted by molar-refractivity contribution is 0.382. The minimum atomic E-state index is -3.47. The van der Waals surface area contributed by atoms with E-state index in [1.807, 2.05) is 31.7 Å². The summed E-state index contributed by atoms with van der Waals surface area (Å²) < 4.78 is 27.5. The van der Waals surface area contributed by atoms with Crippen molar-refractivity contribution in [2.75, 3.05) is 31.1 Å². The lowest BCUT2D eigenvalue weighted by Crippen LogP contribution is -2.49. The fourth-order valence-electron chi connectivity index (χ4n) is 2.93. The molecule has 1 saturated heterocycles. The van der Waals surface area contributed by atoms with Crippen LogP contribution in [0.1, 0.15) is 16.7 Å². The Hall–Kier alpha value is -1.99. The van der Waals surface area contributed by atoms with Crippen LogP contribution in [0.5, 0.6) is 0 Å². The van der Waals surface area contributed by atoms with E-state index >= 15 is 0 Å². The topological polar surface area (TPSA) is 66.4 Å². The molecular weight excluding hydrogens is 324 g/mol. The molecule has 1 aliphatic rings. The van der Waals surface area contributed by atoms with Crippen LogP contribution in [0.15, 0.2) is 35.5 Å². The maximum Gasteiger partial charge on any atom is 0.243 e. The average molecular weight is 346 g/mol. The highest BCUT2D eigenvalue weighted by Gasteiger charge is 2.30. The van der Waals surface area contributed by atoms with E-state index in [0.29, 0.717) is 37.0 Å². The van der Waals surface area contributed by atoms with Gasteiger partial charge in [-0.3, -0.25) is 0 Å². The Bertz CT molecular complexity index is 829. The molecule has 0 amide bonds. The molecular formula is C17H22N4O2S. The molecule has 0 saturated carbocycles. The van der Waals surface area contributed by atoms with Gasteiger partial charge in [0.25, 0.3) is 0 Å². The van der Waals surface area contributed by atoms with Crippen LogP contribution in [0.2, 0.25) is 0 Å². The van der Waals surface area contributed by atoms with E-state index in [-0.39, 0.29) is 0 Å². The lowest BCUT2D eigenvalue weighted by atomic mass is 10.1. The highest BCUT2D eigenvalue weighted by molar-refractivity contribution is 7.89. The summed E-state index contributed by atoms with van der Waals surface area (Å²) in [6.45, 7) is 7.85. The van der Waals surface area contributed by atoms with Crippen molar-refractivity contribution in [3.05, 3.63) is 47.3 Å². The second-order valence-electron chi connectivity index (χ2n) is 6.14. The first-order valence-corrected chi connectivity index (χ1v) is 9.43. The maximum atomic E-state index is 13.0. The number of hydrogen-bond acceptors (Lipinski definition) is 5. The molecule has 0 aliphatic carbocycles. The summed E-state index contributed by atoms with van der Waals surface area (Å²) in [5.41, 5.74) is 2.90. The Morgan fingerprint density at radius 3 is 2.08 bits per heavy atom. The molecule has 128 valence electrons. The first-order chi connectivity index (χ1) is 11.4. The summed E-state index contributed by atoms with van der Waals surface area (Å²) >= 11 is 0. The summed E-state index contributed by atoms with van der Waals surface area (Å²) in [6.07, 6.45) is 3.40. The average Bonchev–Trinajstić information content (AvgIpc) is 2.59. The van der Waals surface area contributed by atoms with Gasteiger partial charge >= 0.3 is 0 Å². The van der Waals surface area contributed by atoms with Crippen LogP contribution in [-0.2, 0) is 10.0 Å². The van der Waals surface area contributed by atoms with Gasteiger partial charge < -0.3 is 4.90 Å². The van der Waals surface area contributed by atoms with E-state index in [4.69, 9.17) is 0 Å². The fraction of sp³-hybridized carbons (Fsp3) is 0.412. The molecule has 0 N–H and O–H groups in total. The van der Waals surface area contributed by atoms with Crippen LogP contribution in [0.25, 0.3) is 0 Å². The number of nitrogens with zero attached hydrogens (tertiary/aromatic N) is 4. The predicted molar refractivity (Wildman–Crippen MR) is 93.7 cm³/mol. The molecule has 0 bridgehead atoms. The van der Waals surface area contributed by atoms with Gasteiger partial charge in [0.15, 0.2) is 0 Å². The Morgan fingerprint density at radius 1 is 0.875 bits per heavy atom. The van der Waals surface area contributed by atoms with E-state index in [0.717, 1.165) is 16.7 Å². The lowest BCUT2D eigenvalue weighted by Gasteiger charge is -2.34. The van der Waals surface area contributed by atoms with E-state index in [9.17, 15) is 8.42 Å². The van der Waals surface area contributed by atoms with Crippen molar-refractivity contribution in [1.82, 2.24) is 14.3 Å². The zero-order chi connectivity index (χ0) is 17.3. The Labute approximate surface area is 143 Å². The molecule has 7 heteroatoms. The summed E-state index contributed by atoms with van der Waals surface area (Å²) in [5.74, 6) is 0.650. The minimum Gasteiger partial charge on any atom is -0.338 e. The van der Waals surface area contributed by atoms with E-state index in [2.05, 4.69) is 9.97 Å². The van der Waals surface area contributed by atoms with Crippen LogP contribution in [-0.4, -0.2) is 48.9 Å². The van der Waals surface area contributed by atoms with Crippen LogP contribution in [0, 0.1) is 20.8 Å². The molecule has 3 rings (SSSR count). The zero-order valence-corrected chi connectivity index (χ0v) is 15.0. The molecule has 0 atom stereocenters. The van der Waals surface area contributed by atoms with Gasteiger partial charge in [0.1, 0.15) is 0 Å². The number of anilines is 1. The third-order valence-electron chi connectivity index (χ3n) is 4.48. The number of benzene rings is 1. The summed E-state index contributed by atoms with van der Waals surface area (Å²) in [5, 5.41) is 0. The molecule has 2 aromatic rings. The molecule has 0 radical (unpaired) electrons. The summed E-state index contributed by atoms with van der Waals surface area (Å²) in [4.78, 5) is 10.9. The Balaban J connectivity index is 1.79. The Morgan fingerprint density at radius 2 is 1.46 bits per heavy atom. The number of rotatable bonds is 3. The highest BCUT2D eigenvalue weighted by Crippen LogP contribution is 2.24. The summed E-state index contributed by atoms with van der Waals surface area (Å²) in [7, 11) is -3.47. The molecule has 6 nitrogen and oxygen atoms in total. The zero-order valence-electron chi connectivity index (χ0n) is 14.2. The standard InChI is InChI=1S/C17H22N4O2S/c1-13-11-15(3)16(12-14(13)2)24(22,23)21-9-7-20(8-10-21)17-18-5-4-6-19-17/h4-6,11-12H,7-10H2,1-3H3. The van der Waals surface area contributed by atoms with Gasteiger partial charge in [-0.25, -0.2) is 18.4 Å². The third kappa shape index (κ3) is 3.14. The first-order valence-electron chi connectivity index (χ1n) is 7.99. The van der Waals surface area contributed by atoms with Crippen molar-refractivity contribution in [2.45, 2.75) is 25.7 Å². The molecule has 24 heavy (non-hydrogen) atoms. The summed E-state index contributed by atoms with van der Waals surface area (Å²) in [6, 6.07) is 5.50. The van der Waals surface area contributed by atoms with E-state index in [1.54, 1.807) is 28.8 Å². The molecule has 1 aliphatic heterocycles. The van der Waals surface area contributed by atoms with Crippen molar-refractivity contribution in [1.29, 1.82) is 0 Å². The number of aryl methyl sites for hydroxylation is 3. The number of sulfonamides is 1. The first kappa shape index (κ1) is 16.9. The maximum absolute atomic E-state index is 13.0. The van der Waals surface area contributed by atoms with Gasteiger partial charge in [-0.05, 0) is 49.6 Å². The number of hydrogen-bond donors (Lipinski definition) is 0. The van der Waals surface area contributed by atoms with Crippen molar-refractivity contribution in [2.24, 2.45) is 0 Å². The van der Waals surface area contributed by atoms with Gasteiger partial charge in [0, 0.05) is 38.6 Å². The third-order valence-corrected chi connectivity index (χ3v) is 6.52. The fourth-order valence-corrected chi connectivity index (χ4v) is 4.65. The SMILES string of the molecule is Cc1cc(C)c(S(=O)(=O)N2CCN(c3ncccn3)CC2)cc1C. The van der Waals surface area contributed by atoms with Crippen molar-refractivity contribution < 1.29 is 8.42 Å². The normalized spacial score (nSPS) is 16.4. The van der Waals surface area contributed by atoms with Crippen molar-refractivity contribution >= 4 is 16.0 Å².